The molecule has 0 bridgehead atoms. The number of carbonyl (C=O) groups excluding carboxylic acids is 2. The molecule has 0 fully saturated rings. The molecule has 0 aliphatic carbocycles. The Morgan fingerprint density at radius 2 is 1.56 bits per heavy atom. The smallest absolute Gasteiger partial charge is 0.550 e. The molecule has 2 N–H and O–H groups in total. The van der Waals surface area contributed by atoms with Crippen LogP contribution in [0.5, 0.6) is 0 Å². The molecule has 0 aliphatic rings. The Morgan fingerprint density at radius 1 is 1.08 bits per heavy atom. The molecule has 13 heteroatoms. The Kier molecular flexibility index (Phi) is 13.3. The summed E-state index contributed by atoms with van der Waals surface area (Å²) in [6, 6.07) is 1.57. The second kappa shape index (κ2) is 12.3. The molecule has 0 unspecified atom stereocenters. The summed E-state index contributed by atoms with van der Waals surface area (Å²) in [4.78, 5) is 43.6. The van der Waals surface area contributed by atoms with Crippen molar-refractivity contribution in [3.63, 3.8) is 0 Å². The average molecular weight is 516 g/mol. The summed E-state index contributed by atoms with van der Waals surface area (Å²) in [7, 11) is 0. The minimum atomic E-state index is -1.76. The van der Waals surface area contributed by atoms with Crippen molar-refractivity contribution in [2.75, 3.05) is 18.0 Å². The van der Waals surface area contributed by atoms with Gasteiger partial charge in [-0.05, 0) is 5.56 Å². The number of nitriles is 1. The van der Waals surface area contributed by atoms with Gasteiger partial charge in [0.25, 0.3) is 0 Å². The van der Waals surface area contributed by atoms with Crippen molar-refractivity contribution in [2.24, 2.45) is 0 Å². The van der Waals surface area contributed by atoms with Gasteiger partial charge in [0.15, 0.2) is 0 Å². The van der Waals surface area contributed by atoms with Crippen LogP contribution in [0.2, 0.25) is 0 Å². The number of anilines is 1. The number of carbonyl (C=O) groups is 4. The predicted octanol–water partition coefficient (Wildman–Crippen LogP) is -3.51. The molecule has 0 saturated carbocycles. The van der Waals surface area contributed by atoms with Gasteiger partial charge < -0.3 is 34.9 Å². The number of aromatic carboxylic acids is 1. The topological polar surface area (TPSA) is 182 Å². The summed E-state index contributed by atoms with van der Waals surface area (Å²) < 4.78 is 0. The van der Waals surface area contributed by atoms with Crippen LogP contribution < -0.4 is 15.1 Å². The number of thiophene rings is 1. The molecule has 0 spiro atoms. The summed E-state index contributed by atoms with van der Waals surface area (Å²) in [5, 5.41) is 48.3. The van der Waals surface area contributed by atoms with Gasteiger partial charge in [-0.3, -0.25) is 9.59 Å². The molecule has 10 nitrogen and oxygen atoms in total. The standard InChI is InChI=1S/C12H10N2O8S.2Sr/c13-2-6-5(1-7(15)16)10(12(21)22)23-11(6)14(3-8(17)18)4-9(19)20;;/h1,3-4H2,(H,15,16)(H,17,18)(H,19,20)(H,21,22);;/q;2*+2/p-2. The molecule has 1 heterocycles. The Morgan fingerprint density at radius 3 is 1.88 bits per heavy atom. The zero-order valence-electron chi connectivity index (χ0n) is 12.7. The predicted molar refractivity (Wildman–Crippen MR) is 81.1 cm³/mol. The van der Waals surface area contributed by atoms with E-state index in [4.69, 9.17) is 15.5 Å². The fourth-order valence-electron chi connectivity index (χ4n) is 1.79. The van der Waals surface area contributed by atoms with Crippen molar-refractivity contribution in [3.05, 3.63) is 16.0 Å². The first-order valence-corrected chi connectivity index (χ1v) is 6.64. The molecular formula is C12H8N2O8SSr2+2. The van der Waals surface area contributed by atoms with Crippen LogP contribution in [0, 0.1) is 11.3 Å². The maximum atomic E-state index is 11.1. The van der Waals surface area contributed by atoms with Crippen molar-refractivity contribution in [3.8, 4) is 6.07 Å². The maximum absolute atomic E-state index is 11.1. The molecule has 0 saturated heterocycles. The van der Waals surface area contributed by atoms with E-state index in [9.17, 15) is 29.4 Å². The van der Waals surface area contributed by atoms with Crippen LogP contribution in [-0.4, -0.2) is 138 Å². The Hall–Kier alpha value is -0.169. The summed E-state index contributed by atoms with van der Waals surface area (Å²) in [6.45, 7) is -1.64. The van der Waals surface area contributed by atoms with Gasteiger partial charge in [0.2, 0.25) is 0 Å². The molecule has 0 aromatic carbocycles. The molecule has 1 rings (SSSR count). The van der Waals surface area contributed by atoms with E-state index in [1.807, 2.05) is 0 Å². The molecule has 1 aromatic heterocycles. The number of carboxylic acid groups (broad SMARTS) is 4. The van der Waals surface area contributed by atoms with Gasteiger partial charge in [0.1, 0.15) is 24.2 Å². The van der Waals surface area contributed by atoms with Crippen molar-refractivity contribution in [1.29, 1.82) is 5.26 Å². The van der Waals surface area contributed by atoms with E-state index in [2.05, 4.69) is 0 Å². The molecule has 0 amide bonds. The molecular weight excluding hydrogens is 507 g/mol. The van der Waals surface area contributed by atoms with Gasteiger partial charge in [-0.1, -0.05) is 0 Å². The zero-order valence-corrected chi connectivity index (χ0v) is 20.5. The summed E-state index contributed by atoms with van der Waals surface area (Å²) >= 11 is 0.376. The first kappa shape index (κ1) is 27.1. The van der Waals surface area contributed by atoms with Crippen LogP contribution in [0.3, 0.4) is 0 Å². The Balaban J connectivity index is 0. The maximum Gasteiger partial charge on any atom is 2.00 e. The molecule has 0 atom stereocenters. The van der Waals surface area contributed by atoms with Crippen LogP contribution in [0.15, 0.2) is 0 Å². The summed E-state index contributed by atoms with van der Waals surface area (Å²) in [6.07, 6.45) is -0.906. The van der Waals surface area contributed by atoms with Crippen molar-refractivity contribution in [1.82, 2.24) is 0 Å². The van der Waals surface area contributed by atoms with Crippen LogP contribution in [0.25, 0.3) is 0 Å². The number of carboxylic acids is 4. The third kappa shape index (κ3) is 7.94. The van der Waals surface area contributed by atoms with Gasteiger partial charge in [-0.25, -0.2) is 0 Å². The van der Waals surface area contributed by atoms with Gasteiger partial charge >= 0.3 is 103 Å². The average Bonchev–Trinajstić information content (AvgIpc) is 2.74. The van der Waals surface area contributed by atoms with E-state index in [0.29, 0.717) is 11.3 Å². The summed E-state index contributed by atoms with van der Waals surface area (Å²) in [5.74, 6) is -6.25. The van der Waals surface area contributed by atoms with E-state index >= 15 is 0 Å². The number of aliphatic carboxylic acids is 3. The van der Waals surface area contributed by atoms with E-state index in [1.165, 1.54) is 0 Å². The van der Waals surface area contributed by atoms with Gasteiger partial charge in [-0.15, -0.1) is 11.3 Å². The Labute approximate surface area is 219 Å². The van der Waals surface area contributed by atoms with Gasteiger partial charge in [-0.2, -0.15) is 5.26 Å². The Bertz CT molecular complexity index is 711. The van der Waals surface area contributed by atoms with Crippen LogP contribution in [0.1, 0.15) is 20.8 Å². The number of hydrogen-bond donors (Lipinski definition) is 2. The first-order valence-electron chi connectivity index (χ1n) is 5.82. The largest absolute Gasteiger partial charge is 2.00 e. The second-order valence-corrected chi connectivity index (χ2v) is 5.18. The third-order valence-corrected chi connectivity index (χ3v) is 3.82. The van der Waals surface area contributed by atoms with Crippen LogP contribution in [-0.2, 0) is 20.8 Å². The van der Waals surface area contributed by atoms with Gasteiger partial charge in [0.05, 0.1) is 16.4 Å². The SMILES string of the molecule is N#Cc1c(N(CC(=O)O)CC(=O)O)sc(C(=O)[O-])c1CC(=O)[O-].[Sr+2].[Sr+2]. The molecule has 0 aliphatic heterocycles. The normalized spacial score (nSPS) is 9.08. The molecule has 1 aromatic rings. The molecule has 25 heavy (non-hydrogen) atoms. The van der Waals surface area contributed by atoms with E-state index < -0.39 is 59.4 Å². The second-order valence-electron chi connectivity index (χ2n) is 4.18. The molecule has 122 valence electrons. The van der Waals surface area contributed by atoms with E-state index in [-0.39, 0.29) is 96.0 Å². The van der Waals surface area contributed by atoms with E-state index in [1.54, 1.807) is 6.07 Å². The zero-order chi connectivity index (χ0) is 17.7. The van der Waals surface area contributed by atoms with Crippen molar-refractivity contribution >= 4 is 131 Å². The van der Waals surface area contributed by atoms with Gasteiger partial charge in [0, 0.05) is 12.4 Å². The fourth-order valence-corrected chi connectivity index (χ4v) is 2.90. The minimum absolute atomic E-state index is 0. The number of nitrogens with zero attached hydrogens (tertiary/aromatic N) is 2. The van der Waals surface area contributed by atoms with E-state index in [0.717, 1.165) is 4.90 Å². The quantitative estimate of drug-likeness (QED) is 0.329. The molecule has 0 radical (unpaired) electrons. The van der Waals surface area contributed by atoms with Crippen LogP contribution in [0.4, 0.5) is 5.00 Å². The van der Waals surface area contributed by atoms with Crippen molar-refractivity contribution < 1.29 is 39.6 Å². The minimum Gasteiger partial charge on any atom is -0.550 e. The first-order chi connectivity index (χ1) is 10.7. The third-order valence-electron chi connectivity index (χ3n) is 2.55. The number of hydrogen-bond acceptors (Lipinski definition) is 9. The van der Waals surface area contributed by atoms with Crippen LogP contribution >= 0.6 is 11.3 Å². The van der Waals surface area contributed by atoms with Crippen molar-refractivity contribution in [2.45, 2.75) is 6.42 Å². The summed E-state index contributed by atoms with van der Waals surface area (Å²) in [5.41, 5.74) is -0.839. The number of rotatable bonds is 8. The fraction of sp³-hybridized carbons (Fsp3) is 0.250. The monoisotopic (exact) mass is 516 g/mol.